The summed E-state index contributed by atoms with van der Waals surface area (Å²) in [7, 11) is 0. The van der Waals surface area contributed by atoms with Crippen molar-refractivity contribution in [2.75, 3.05) is 6.61 Å². The average Bonchev–Trinajstić information content (AvgIpc) is 2.27. The molecule has 1 aliphatic rings. The molecule has 86 valence electrons. The number of rotatable bonds is 3. The molecule has 1 aromatic rings. The van der Waals surface area contributed by atoms with Crippen molar-refractivity contribution in [2.45, 2.75) is 13.5 Å². The Hall–Kier alpha value is -0.740. The van der Waals surface area contributed by atoms with Gasteiger partial charge in [0.1, 0.15) is 0 Å². The smallest absolute Gasteiger partial charge is 0.382 e. The fourth-order valence-electron chi connectivity index (χ4n) is 1.29. The number of fused-ring (bicyclic) bond motifs is 1. The van der Waals surface area contributed by atoms with Crippen LogP contribution in [-0.2, 0) is 27.5 Å². The van der Waals surface area contributed by atoms with Crippen LogP contribution in [0.5, 0.6) is 5.88 Å². The van der Waals surface area contributed by atoms with Crippen molar-refractivity contribution in [3.63, 3.8) is 0 Å². The van der Waals surface area contributed by atoms with Gasteiger partial charge in [0, 0.05) is 23.6 Å². The monoisotopic (exact) mass is 257 g/mol. The standard InChI is InChI=1S/C10H12NO3PS/c1-3-4-12-15(16)13-7-9-5-8(2)6-11-10(9)14-15/h3,5-6H,1,4,7H2,2H3. The van der Waals surface area contributed by atoms with Crippen LogP contribution in [0.3, 0.4) is 0 Å². The summed E-state index contributed by atoms with van der Waals surface area (Å²) in [6.07, 6.45) is 3.34. The molecule has 2 rings (SSSR count). The van der Waals surface area contributed by atoms with Crippen LogP contribution in [0.1, 0.15) is 11.1 Å². The van der Waals surface area contributed by atoms with E-state index in [1.807, 2.05) is 13.0 Å². The van der Waals surface area contributed by atoms with Crippen molar-refractivity contribution >= 4 is 18.5 Å². The van der Waals surface area contributed by atoms with Gasteiger partial charge in [-0.2, -0.15) is 0 Å². The zero-order valence-electron chi connectivity index (χ0n) is 8.88. The minimum atomic E-state index is -2.68. The Bertz CT molecular complexity index is 463. The van der Waals surface area contributed by atoms with E-state index in [0.29, 0.717) is 19.1 Å². The van der Waals surface area contributed by atoms with Crippen LogP contribution in [0.25, 0.3) is 0 Å². The van der Waals surface area contributed by atoms with Crippen LogP contribution >= 0.6 is 6.72 Å². The molecule has 0 saturated heterocycles. The summed E-state index contributed by atoms with van der Waals surface area (Å²) in [6, 6.07) is 1.97. The second-order valence-corrected chi connectivity index (χ2v) is 6.31. The van der Waals surface area contributed by atoms with Crippen LogP contribution in [0.2, 0.25) is 0 Å². The first-order valence-corrected chi connectivity index (χ1v) is 7.34. The van der Waals surface area contributed by atoms with E-state index in [0.717, 1.165) is 11.1 Å². The summed E-state index contributed by atoms with van der Waals surface area (Å²) in [5, 5.41) is 0. The molecule has 6 heteroatoms. The van der Waals surface area contributed by atoms with E-state index in [4.69, 9.17) is 25.4 Å². The number of hydrogen-bond acceptors (Lipinski definition) is 5. The number of pyridine rings is 1. The van der Waals surface area contributed by atoms with Crippen molar-refractivity contribution in [3.8, 4) is 5.88 Å². The molecule has 1 aromatic heterocycles. The van der Waals surface area contributed by atoms with E-state index in [9.17, 15) is 0 Å². The number of nitrogens with zero attached hydrogens (tertiary/aromatic N) is 1. The van der Waals surface area contributed by atoms with E-state index >= 15 is 0 Å². The summed E-state index contributed by atoms with van der Waals surface area (Å²) in [5.41, 5.74) is 1.97. The molecule has 0 fully saturated rings. The topological polar surface area (TPSA) is 40.6 Å². The Morgan fingerprint density at radius 3 is 3.31 bits per heavy atom. The predicted octanol–water partition coefficient (Wildman–Crippen LogP) is 2.73. The van der Waals surface area contributed by atoms with E-state index < -0.39 is 6.72 Å². The molecular formula is C10H12NO3PS. The highest BCUT2D eigenvalue weighted by atomic mass is 32.5. The average molecular weight is 257 g/mol. The van der Waals surface area contributed by atoms with Gasteiger partial charge in [0.15, 0.2) is 0 Å². The quantitative estimate of drug-likeness (QED) is 0.615. The number of hydrogen-bond donors (Lipinski definition) is 0. The zero-order chi connectivity index (χ0) is 11.6. The SMILES string of the molecule is C=CCOP1(=S)OCc2cc(C)cnc2O1. The lowest BCUT2D eigenvalue weighted by Gasteiger charge is -2.26. The first kappa shape index (κ1) is 11.7. The summed E-state index contributed by atoms with van der Waals surface area (Å²) < 4.78 is 16.3. The van der Waals surface area contributed by atoms with E-state index in [2.05, 4.69) is 11.6 Å². The van der Waals surface area contributed by atoms with Gasteiger partial charge in [-0.15, -0.1) is 6.58 Å². The number of aryl methyl sites for hydroxylation is 1. The van der Waals surface area contributed by atoms with Crippen molar-refractivity contribution in [2.24, 2.45) is 0 Å². The van der Waals surface area contributed by atoms with Gasteiger partial charge in [-0.25, -0.2) is 4.98 Å². The first-order valence-electron chi connectivity index (χ1n) is 4.78. The molecule has 1 aliphatic heterocycles. The lowest BCUT2D eigenvalue weighted by atomic mass is 10.2. The van der Waals surface area contributed by atoms with Crippen LogP contribution in [-0.4, -0.2) is 11.6 Å². The minimum Gasteiger partial charge on any atom is -0.405 e. The third-order valence-corrected chi connectivity index (χ3v) is 4.15. The molecule has 0 saturated carbocycles. The maximum Gasteiger partial charge on any atom is 0.382 e. The molecule has 16 heavy (non-hydrogen) atoms. The van der Waals surface area contributed by atoms with E-state index in [1.54, 1.807) is 12.3 Å². The van der Waals surface area contributed by atoms with Gasteiger partial charge >= 0.3 is 6.72 Å². The van der Waals surface area contributed by atoms with Crippen LogP contribution in [0, 0.1) is 6.92 Å². The Labute approximate surface area is 99.5 Å². The molecule has 1 unspecified atom stereocenters. The fourth-order valence-corrected chi connectivity index (χ4v) is 2.99. The zero-order valence-corrected chi connectivity index (χ0v) is 10.6. The minimum absolute atomic E-state index is 0.318. The molecule has 0 radical (unpaired) electrons. The van der Waals surface area contributed by atoms with Crippen molar-refractivity contribution in [1.29, 1.82) is 0 Å². The summed E-state index contributed by atoms with van der Waals surface area (Å²) >= 11 is 5.18. The Kier molecular flexibility index (Phi) is 3.40. The second-order valence-electron chi connectivity index (χ2n) is 3.37. The van der Waals surface area contributed by atoms with Crippen LogP contribution < -0.4 is 4.52 Å². The molecule has 2 heterocycles. The second kappa shape index (κ2) is 4.63. The summed E-state index contributed by atoms with van der Waals surface area (Å²) in [4.78, 5) is 4.18. The van der Waals surface area contributed by atoms with E-state index in [-0.39, 0.29) is 0 Å². The molecule has 4 nitrogen and oxygen atoms in total. The van der Waals surface area contributed by atoms with Gasteiger partial charge < -0.3 is 4.52 Å². The molecular weight excluding hydrogens is 245 g/mol. The third-order valence-electron chi connectivity index (χ3n) is 1.99. The van der Waals surface area contributed by atoms with Gasteiger partial charge in [-0.3, -0.25) is 9.05 Å². The largest absolute Gasteiger partial charge is 0.405 e. The van der Waals surface area contributed by atoms with Crippen molar-refractivity contribution in [3.05, 3.63) is 36.0 Å². The lowest BCUT2D eigenvalue weighted by molar-refractivity contribution is 0.188. The summed E-state index contributed by atoms with van der Waals surface area (Å²) in [6.45, 7) is 3.54. The Morgan fingerprint density at radius 2 is 2.56 bits per heavy atom. The molecule has 0 aromatic carbocycles. The summed E-state index contributed by atoms with van der Waals surface area (Å²) in [5.74, 6) is 0.518. The van der Waals surface area contributed by atoms with Gasteiger partial charge in [-0.1, -0.05) is 6.08 Å². The molecule has 0 bridgehead atoms. The Balaban J connectivity index is 2.20. The highest BCUT2D eigenvalue weighted by molar-refractivity contribution is 8.07. The van der Waals surface area contributed by atoms with Crippen LogP contribution in [0.15, 0.2) is 24.9 Å². The highest BCUT2D eigenvalue weighted by Crippen LogP contribution is 2.54. The van der Waals surface area contributed by atoms with Crippen molar-refractivity contribution in [1.82, 2.24) is 4.98 Å². The van der Waals surface area contributed by atoms with Crippen molar-refractivity contribution < 1.29 is 13.6 Å². The van der Waals surface area contributed by atoms with Gasteiger partial charge in [-0.05, 0) is 18.6 Å². The molecule has 1 atom stereocenters. The predicted molar refractivity (Wildman–Crippen MR) is 64.8 cm³/mol. The molecule has 0 aliphatic carbocycles. The van der Waals surface area contributed by atoms with Gasteiger partial charge in [0.2, 0.25) is 5.88 Å². The number of aromatic nitrogens is 1. The molecule has 0 amide bonds. The maximum absolute atomic E-state index is 5.50. The maximum atomic E-state index is 5.50. The molecule has 0 spiro atoms. The van der Waals surface area contributed by atoms with E-state index in [1.165, 1.54) is 0 Å². The Morgan fingerprint density at radius 1 is 1.75 bits per heavy atom. The lowest BCUT2D eigenvalue weighted by Crippen LogP contribution is -2.11. The first-order chi connectivity index (χ1) is 7.63. The van der Waals surface area contributed by atoms with Gasteiger partial charge in [0.25, 0.3) is 0 Å². The highest BCUT2D eigenvalue weighted by Gasteiger charge is 2.29. The normalized spacial score (nSPS) is 23.3. The third kappa shape index (κ3) is 2.50. The van der Waals surface area contributed by atoms with Crippen LogP contribution in [0.4, 0.5) is 0 Å². The molecule has 0 N–H and O–H groups in total. The fraction of sp³-hybridized carbons (Fsp3) is 0.300. The van der Waals surface area contributed by atoms with Gasteiger partial charge in [0.05, 0.1) is 13.2 Å².